The summed E-state index contributed by atoms with van der Waals surface area (Å²) in [5.74, 6) is -0.350. The fourth-order valence-corrected chi connectivity index (χ4v) is 4.29. The van der Waals surface area contributed by atoms with Gasteiger partial charge in [0.1, 0.15) is 24.2 Å². The molecule has 1 fully saturated rings. The minimum Gasteiger partial charge on any atom is -0.490 e. The molecule has 2 aliphatic heterocycles. The Balaban J connectivity index is 1.43. The number of hydrogen-bond acceptors (Lipinski definition) is 8. The summed E-state index contributed by atoms with van der Waals surface area (Å²) in [7, 11) is 3.32. The van der Waals surface area contributed by atoms with Crippen molar-refractivity contribution in [2.45, 2.75) is 37.5 Å². The smallest absolute Gasteiger partial charge is 0.275 e. The predicted molar refractivity (Wildman–Crippen MR) is 125 cm³/mol. The van der Waals surface area contributed by atoms with Crippen molar-refractivity contribution in [3.8, 4) is 5.75 Å². The Bertz CT molecular complexity index is 1070. The number of likely N-dealkylation sites (N-methyl/N-ethyl adjacent to an activating group) is 1. The zero-order chi connectivity index (χ0) is 24.8. The maximum absolute atomic E-state index is 13.3. The molecule has 3 atom stereocenters. The third-order valence-corrected chi connectivity index (χ3v) is 6.11. The van der Waals surface area contributed by atoms with Crippen molar-refractivity contribution >= 4 is 23.4 Å². The van der Waals surface area contributed by atoms with Crippen LogP contribution in [0.4, 0.5) is 5.69 Å². The summed E-state index contributed by atoms with van der Waals surface area (Å²) in [6.07, 6.45) is 5.25. The van der Waals surface area contributed by atoms with E-state index in [1.165, 1.54) is 18.6 Å². The van der Waals surface area contributed by atoms with Crippen LogP contribution < -0.4 is 15.4 Å². The van der Waals surface area contributed by atoms with E-state index in [-0.39, 0.29) is 48.8 Å². The molecule has 11 nitrogen and oxygen atoms in total. The van der Waals surface area contributed by atoms with Crippen LogP contribution in [0.2, 0.25) is 0 Å². The van der Waals surface area contributed by atoms with Gasteiger partial charge in [-0.25, -0.2) is 4.98 Å². The number of methoxy groups -OCH3 is 1. The number of nitrogens with zero attached hydrogens (tertiary/aromatic N) is 3. The second-order valence-corrected chi connectivity index (χ2v) is 8.47. The monoisotopic (exact) mass is 483 g/mol. The van der Waals surface area contributed by atoms with E-state index in [1.807, 2.05) is 0 Å². The third-order valence-electron chi connectivity index (χ3n) is 6.11. The van der Waals surface area contributed by atoms with Gasteiger partial charge >= 0.3 is 0 Å². The first kappa shape index (κ1) is 24.6. The van der Waals surface area contributed by atoms with Crippen LogP contribution in [0.15, 0.2) is 36.8 Å². The SMILES string of the molecule is COCCNC(=O)C[C@H]1CC[C@@H]2[C@H](COc3ccc(NC(=O)c4cnccn4)cc3C(=O)N2C)O1. The molecule has 3 heterocycles. The Morgan fingerprint density at radius 2 is 2.11 bits per heavy atom. The van der Waals surface area contributed by atoms with Crippen molar-refractivity contribution in [2.75, 3.05) is 39.2 Å². The first-order chi connectivity index (χ1) is 17.0. The highest BCUT2D eigenvalue weighted by atomic mass is 16.5. The van der Waals surface area contributed by atoms with Crippen molar-refractivity contribution in [2.24, 2.45) is 0 Å². The van der Waals surface area contributed by atoms with Crippen molar-refractivity contribution in [3.63, 3.8) is 0 Å². The molecule has 1 aromatic carbocycles. The van der Waals surface area contributed by atoms with Gasteiger partial charge in [0, 0.05) is 38.8 Å². The first-order valence-corrected chi connectivity index (χ1v) is 11.5. The molecule has 11 heteroatoms. The second-order valence-electron chi connectivity index (χ2n) is 8.47. The van der Waals surface area contributed by atoms with Crippen molar-refractivity contribution in [1.29, 1.82) is 0 Å². The summed E-state index contributed by atoms with van der Waals surface area (Å²) >= 11 is 0. The lowest BCUT2D eigenvalue weighted by Crippen LogP contribution is -2.54. The highest BCUT2D eigenvalue weighted by Crippen LogP contribution is 2.32. The summed E-state index contributed by atoms with van der Waals surface area (Å²) < 4.78 is 17.1. The third kappa shape index (κ3) is 5.92. The van der Waals surface area contributed by atoms with E-state index in [2.05, 4.69) is 20.6 Å². The molecule has 3 amide bonds. The van der Waals surface area contributed by atoms with Gasteiger partial charge in [0.05, 0.1) is 36.9 Å². The molecule has 2 N–H and O–H groups in total. The average molecular weight is 484 g/mol. The van der Waals surface area contributed by atoms with Gasteiger partial charge in [0.2, 0.25) is 5.91 Å². The van der Waals surface area contributed by atoms with Crippen molar-refractivity contribution in [3.05, 3.63) is 48.0 Å². The van der Waals surface area contributed by atoms with Gasteiger partial charge in [-0.3, -0.25) is 19.4 Å². The molecular formula is C24H29N5O6. The first-order valence-electron chi connectivity index (χ1n) is 11.5. The van der Waals surface area contributed by atoms with E-state index < -0.39 is 5.91 Å². The number of carbonyl (C=O) groups is 3. The highest BCUT2D eigenvalue weighted by Gasteiger charge is 2.39. The van der Waals surface area contributed by atoms with Crippen LogP contribution in [0.25, 0.3) is 0 Å². The Kier molecular flexibility index (Phi) is 7.88. The van der Waals surface area contributed by atoms with Crippen LogP contribution in [0, 0.1) is 0 Å². The van der Waals surface area contributed by atoms with Gasteiger partial charge in [-0.2, -0.15) is 0 Å². The minimum atomic E-state index is -0.427. The molecular weight excluding hydrogens is 454 g/mol. The predicted octanol–water partition coefficient (Wildman–Crippen LogP) is 1.26. The van der Waals surface area contributed by atoms with E-state index in [4.69, 9.17) is 14.2 Å². The van der Waals surface area contributed by atoms with Crippen LogP contribution in [-0.4, -0.2) is 84.8 Å². The van der Waals surface area contributed by atoms with E-state index in [0.29, 0.717) is 43.0 Å². The molecule has 0 radical (unpaired) electrons. The number of hydrogen-bond donors (Lipinski definition) is 2. The number of anilines is 1. The number of aromatic nitrogens is 2. The number of nitrogens with one attached hydrogen (secondary N) is 2. The van der Waals surface area contributed by atoms with Gasteiger partial charge in [-0.15, -0.1) is 0 Å². The molecule has 0 unspecified atom stereocenters. The van der Waals surface area contributed by atoms with Crippen molar-refractivity contribution < 1.29 is 28.6 Å². The number of rotatable bonds is 7. The highest BCUT2D eigenvalue weighted by molar-refractivity contribution is 6.04. The van der Waals surface area contributed by atoms with Crippen LogP contribution in [0.1, 0.15) is 40.1 Å². The normalized spacial score (nSPS) is 21.6. The number of ether oxygens (including phenoxy) is 3. The van der Waals surface area contributed by atoms with Gasteiger partial charge in [0.25, 0.3) is 11.8 Å². The lowest BCUT2D eigenvalue weighted by molar-refractivity contribution is -0.134. The lowest BCUT2D eigenvalue weighted by Gasteiger charge is -2.42. The number of amides is 3. The van der Waals surface area contributed by atoms with Gasteiger partial charge in [-0.05, 0) is 31.0 Å². The molecule has 186 valence electrons. The summed E-state index contributed by atoms with van der Waals surface area (Å²) in [6, 6.07) is 4.71. The fraction of sp³-hybridized carbons (Fsp3) is 0.458. The topological polar surface area (TPSA) is 132 Å². The molecule has 4 rings (SSSR count). The number of benzene rings is 1. The maximum atomic E-state index is 13.3. The standard InChI is InChI=1S/C24H29N5O6/c1-29-19-5-4-16(12-22(30)27-9-10-33-2)35-21(19)14-34-20-6-3-15(11-17(20)24(29)32)28-23(31)18-13-25-7-8-26-18/h3,6-8,11,13,16,19,21H,4-5,9-10,12,14H2,1-2H3,(H,27,30)(H,28,31)/t16-,19-,21+/m1/s1. The Morgan fingerprint density at radius 1 is 1.26 bits per heavy atom. The molecule has 0 spiro atoms. The Hall–Kier alpha value is -3.57. The molecule has 2 aliphatic rings. The van der Waals surface area contributed by atoms with Gasteiger partial charge in [-0.1, -0.05) is 0 Å². The molecule has 0 aliphatic carbocycles. The maximum Gasteiger partial charge on any atom is 0.275 e. The van der Waals surface area contributed by atoms with E-state index >= 15 is 0 Å². The fourth-order valence-electron chi connectivity index (χ4n) is 4.29. The zero-order valence-electron chi connectivity index (χ0n) is 19.7. The minimum absolute atomic E-state index is 0.0944. The summed E-state index contributed by atoms with van der Waals surface area (Å²) in [5, 5.41) is 5.55. The molecule has 0 bridgehead atoms. The van der Waals surface area contributed by atoms with E-state index in [9.17, 15) is 14.4 Å². The van der Waals surface area contributed by atoms with E-state index in [0.717, 1.165) is 0 Å². The summed E-state index contributed by atoms with van der Waals surface area (Å²) in [5.41, 5.74) is 0.965. The number of carbonyl (C=O) groups excluding carboxylic acids is 3. The quantitative estimate of drug-likeness (QED) is 0.563. The molecule has 1 saturated heterocycles. The number of fused-ring (bicyclic) bond motifs is 2. The second kappa shape index (κ2) is 11.2. The largest absolute Gasteiger partial charge is 0.490 e. The molecule has 35 heavy (non-hydrogen) atoms. The molecule has 1 aromatic heterocycles. The van der Waals surface area contributed by atoms with Gasteiger partial charge < -0.3 is 29.7 Å². The van der Waals surface area contributed by atoms with Crippen LogP contribution in [0.3, 0.4) is 0 Å². The summed E-state index contributed by atoms with van der Waals surface area (Å²) in [4.78, 5) is 47.5. The average Bonchev–Trinajstić information content (AvgIpc) is 2.87. The van der Waals surface area contributed by atoms with E-state index in [1.54, 1.807) is 37.3 Å². The van der Waals surface area contributed by atoms with Crippen molar-refractivity contribution in [1.82, 2.24) is 20.2 Å². The Morgan fingerprint density at radius 3 is 2.89 bits per heavy atom. The lowest BCUT2D eigenvalue weighted by atomic mass is 9.94. The Labute approximate surface area is 203 Å². The zero-order valence-corrected chi connectivity index (χ0v) is 19.7. The van der Waals surface area contributed by atoms with Crippen LogP contribution in [-0.2, 0) is 14.3 Å². The van der Waals surface area contributed by atoms with Crippen LogP contribution in [0.5, 0.6) is 5.75 Å². The summed E-state index contributed by atoms with van der Waals surface area (Å²) in [6.45, 7) is 1.14. The van der Waals surface area contributed by atoms with Gasteiger partial charge in [0.15, 0.2) is 0 Å². The molecule has 2 aromatic rings. The van der Waals surface area contributed by atoms with Crippen LogP contribution >= 0.6 is 0 Å². The molecule has 0 saturated carbocycles.